The number of anilines is 1. The molecule has 92 valence electrons. The Labute approximate surface area is 113 Å². The summed E-state index contributed by atoms with van der Waals surface area (Å²) in [6.45, 7) is 0. The molecule has 2 heterocycles. The van der Waals surface area contributed by atoms with E-state index in [-0.39, 0.29) is 0 Å². The molecule has 0 bridgehead atoms. The normalized spacial score (nSPS) is 10.3. The van der Waals surface area contributed by atoms with E-state index in [2.05, 4.69) is 16.4 Å². The molecule has 1 aromatic carbocycles. The van der Waals surface area contributed by atoms with Gasteiger partial charge in [0.2, 0.25) is 0 Å². The lowest BCUT2D eigenvalue weighted by Crippen LogP contribution is -2.04. The van der Waals surface area contributed by atoms with Crippen molar-refractivity contribution in [2.24, 2.45) is 0 Å². The first-order chi connectivity index (χ1) is 9.31. The molecule has 0 unspecified atom stereocenters. The van der Waals surface area contributed by atoms with Gasteiger partial charge in [0.05, 0.1) is 16.1 Å². The molecule has 0 aliphatic heterocycles. The quantitative estimate of drug-likeness (QED) is 0.773. The summed E-state index contributed by atoms with van der Waals surface area (Å²) >= 11 is 1.55. The number of aromatic nitrogens is 3. The Morgan fingerprint density at radius 2 is 2.05 bits per heavy atom. The SMILES string of the molecule is N#Cc1ccccc1-n1nnc(-c2cccs2)c1N. The van der Waals surface area contributed by atoms with E-state index in [1.165, 1.54) is 4.68 Å². The number of rotatable bonds is 2. The van der Waals surface area contributed by atoms with Crippen molar-refractivity contribution in [2.75, 3.05) is 5.73 Å². The maximum atomic E-state index is 9.11. The number of hydrogen-bond donors (Lipinski definition) is 1. The molecule has 0 spiro atoms. The minimum atomic E-state index is 0.435. The van der Waals surface area contributed by atoms with Crippen LogP contribution in [-0.4, -0.2) is 15.0 Å². The average Bonchev–Trinajstić information content (AvgIpc) is 3.08. The van der Waals surface area contributed by atoms with Crippen molar-refractivity contribution >= 4 is 17.2 Å². The third kappa shape index (κ3) is 1.86. The lowest BCUT2D eigenvalue weighted by molar-refractivity contribution is 0.809. The molecule has 6 heteroatoms. The summed E-state index contributed by atoms with van der Waals surface area (Å²) in [5, 5.41) is 19.2. The second kappa shape index (κ2) is 4.55. The van der Waals surface area contributed by atoms with E-state index >= 15 is 0 Å². The zero-order valence-electron chi connectivity index (χ0n) is 9.82. The van der Waals surface area contributed by atoms with Crippen LogP contribution in [0.2, 0.25) is 0 Å². The third-order valence-electron chi connectivity index (χ3n) is 2.71. The summed E-state index contributed by atoms with van der Waals surface area (Å²) < 4.78 is 1.49. The molecule has 0 saturated carbocycles. The van der Waals surface area contributed by atoms with Crippen LogP contribution in [0.1, 0.15) is 5.56 Å². The van der Waals surface area contributed by atoms with E-state index in [0.717, 1.165) is 4.88 Å². The van der Waals surface area contributed by atoms with Crippen LogP contribution in [-0.2, 0) is 0 Å². The van der Waals surface area contributed by atoms with Gasteiger partial charge in [-0.25, -0.2) is 0 Å². The molecule has 0 amide bonds. The fourth-order valence-corrected chi connectivity index (χ4v) is 2.53. The van der Waals surface area contributed by atoms with Gasteiger partial charge in [0, 0.05) is 0 Å². The van der Waals surface area contributed by atoms with Crippen LogP contribution >= 0.6 is 11.3 Å². The Balaban J connectivity index is 2.16. The first-order valence-electron chi connectivity index (χ1n) is 5.56. The maximum absolute atomic E-state index is 9.11. The maximum Gasteiger partial charge on any atom is 0.156 e. The van der Waals surface area contributed by atoms with Crippen molar-refractivity contribution in [1.82, 2.24) is 15.0 Å². The van der Waals surface area contributed by atoms with Crippen molar-refractivity contribution in [1.29, 1.82) is 5.26 Å². The van der Waals surface area contributed by atoms with E-state index in [9.17, 15) is 0 Å². The summed E-state index contributed by atoms with van der Waals surface area (Å²) in [5.74, 6) is 0.435. The Kier molecular flexibility index (Phi) is 2.74. The monoisotopic (exact) mass is 267 g/mol. The minimum Gasteiger partial charge on any atom is -0.382 e. The second-order valence-corrected chi connectivity index (χ2v) is 4.79. The van der Waals surface area contributed by atoms with Gasteiger partial charge in [0.25, 0.3) is 0 Å². The summed E-state index contributed by atoms with van der Waals surface area (Å²) in [4.78, 5) is 0.957. The third-order valence-corrected chi connectivity index (χ3v) is 3.59. The molecule has 0 aliphatic carbocycles. The van der Waals surface area contributed by atoms with Gasteiger partial charge in [0.1, 0.15) is 11.8 Å². The number of nitrogen functional groups attached to an aromatic ring is 1. The second-order valence-electron chi connectivity index (χ2n) is 3.84. The van der Waals surface area contributed by atoms with Gasteiger partial charge in [-0.1, -0.05) is 23.4 Å². The Bertz CT molecular complexity index is 752. The van der Waals surface area contributed by atoms with Crippen molar-refractivity contribution in [3.8, 4) is 22.3 Å². The zero-order valence-corrected chi connectivity index (χ0v) is 10.6. The van der Waals surface area contributed by atoms with Crippen LogP contribution in [0, 0.1) is 11.3 Å². The van der Waals surface area contributed by atoms with Crippen LogP contribution in [0.15, 0.2) is 41.8 Å². The number of thiophene rings is 1. The number of para-hydroxylation sites is 1. The fraction of sp³-hybridized carbons (Fsp3) is 0. The van der Waals surface area contributed by atoms with Crippen LogP contribution in [0.3, 0.4) is 0 Å². The van der Waals surface area contributed by atoms with Crippen LogP contribution in [0.25, 0.3) is 16.3 Å². The fourth-order valence-electron chi connectivity index (χ4n) is 1.81. The van der Waals surface area contributed by atoms with E-state index in [0.29, 0.717) is 22.8 Å². The summed E-state index contributed by atoms with van der Waals surface area (Å²) in [5.41, 5.74) is 7.87. The van der Waals surface area contributed by atoms with Crippen LogP contribution in [0.4, 0.5) is 5.82 Å². The molecule has 0 saturated heterocycles. The first kappa shape index (κ1) is 11.4. The van der Waals surface area contributed by atoms with Crippen molar-refractivity contribution in [3.05, 3.63) is 47.3 Å². The molecular formula is C13H9N5S. The van der Waals surface area contributed by atoms with Gasteiger partial charge in [-0.15, -0.1) is 16.4 Å². The van der Waals surface area contributed by atoms with E-state index in [4.69, 9.17) is 11.0 Å². The Morgan fingerprint density at radius 3 is 2.79 bits per heavy atom. The van der Waals surface area contributed by atoms with Crippen molar-refractivity contribution in [2.45, 2.75) is 0 Å². The molecule has 19 heavy (non-hydrogen) atoms. The number of hydrogen-bond acceptors (Lipinski definition) is 5. The highest BCUT2D eigenvalue weighted by Crippen LogP contribution is 2.29. The van der Waals surface area contributed by atoms with Gasteiger partial charge < -0.3 is 5.73 Å². The molecule has 5 nitrogen and oxygen atoms in total. The molecule has 3 rings (SSSR count). The number of nitrogens with zero attached hydrogens (tertiary/aromatic N) is 4. The van der Waals surface area contributed by atoms with Gasteiger partial charge in [-0.3, -0.25) is 0 Å². The van der Waals surface area contributed by atoms with E-state index in [1.807, 2.05) is 23.6 Å². The molecule has 0 radical (unpaired) electrons. The predicted octanol–water partition coefficient (Wildman–Crippen LogP) is 2.45. The highest BCUT2D eigenvalue weighted by atomic mass is 32.1. The highest BCUT2D eigenvalue weighted by Gasteiger charge is 2.15. The van der Waals surface area contributed by atoms with Crippen molar-refractivity contribution in [3.63, 3.8) is 0 Å². The van der Waals surface area contributed by atoms with E-state index in [1.54, 1.807) is 29.5 Å². The summed E-state index contributed by atoms with van der Waals surface area (Å²) in [7, 11) is 0. The first-order valence-corrected chi connectivity index (χ1v) is 6.44. The zero-order chi connectivity index (χ0) is 13.2. The molecule has 2 N–H and O–H groups in total. The van der Waals surface area contributed by atoms with Gasteiger partial charge in [-0.2, -0.15) is 9.94 Å². The number of nitriles is 1. The van der Waals surface area contributed by atoms with E-state index < -0.39 is 0 Å². The van der Waals surface area contributed by atoms with Crippen molar-refractivity contribution < 1.29 is 0 Å². The molecular weight excluding hydrogens is 258 g/mol. The van der Waals surface area contributed by atoms with Gasteiger partial charge in [0.15, 0.2) is 5.82 Å². The number of benzene rings is 1. The van der Waals surface area contributed by atoms with Crippen LogP contribution in [0.5, 0.6) is 0 Å². The predicted molar refractivity (Wildman–Crippen MR) is 73.8 cm³/mol. The Morgan fingerprint density at radius 1 is 1.21 bits per heavy atom. The van der Waals surface area contributed by atoms with Gasteiger partial charge >= 0.3 is 0 Å². The summed E-state index contributed by atoms with van der Waals surface area (Å²) in [6.07, 6.45) is 0. The highest BCUT2D eigenvalue weighted by molar-refractivity contribution is 7.13. The molecule has 0 atom stereocenters. The molecule has 3 aromatic rings. The molecule has 2 aromatic heterocycles. The van der Waals surface area contributed by atoms with Crippen LogP contribution < -0.4 is 5.73 Å². The smallest absolute Gasteiger partial charge is 0.156 e. The lowest BCUT2D eigenvalue weighted by atomic mass is 10.2. The average molecular weight is 267 g/mol. The minimum absolute atomic E-state index is 0.435. The molecule has 0 aliphatic rings. The molecule has 0 fully saturated rings. The topological polar surface area (TPSA) is 80.5 Å². The standard InChI is InChI=1S/C13H9N5S/c14-8-9-4-1-2-5-10(9)18-13(15)12(16-17-18)11-6-3-7-19-11/h1-7H,15H2. The summed E-state index contributed by atoms with van der Waals surface area (Å²) in [6, 6.07) is 13.1. The Hall–Kier alpha value is -2.65. The van der Waals surface area contributed by atoms with Gasteiger partial charge in [-0.05, 0) is 23.6 Å². The lowest BCUT2D eigenvalue weighted by Gasteiger charge is -2.04. The largest absolute Gasteiger partial charge is 0.382 e. The number of nitrogens with two attached hydrogens (primary N) is 1.